The summed E-state index contributed by atoms with van der Waals surface area (Å²) < 4.78 is 0. The third kappa shape index (κ3) is 6.24. The minimum atomic E-state index is -0.203. The maximum atomic E-state index is 13.4. The van der Waals surface area contributed by atoms with Crippen molar-refractivity contribution >= 4 is 23.3 Å². The predicted octanol–water partition coefficient (Wildman–Crippen LogP) is 3.27. The Morgan fingerprint density at radius 3 is 2.65 bits per heavy atom. The van der Waals surface area contributed by atoms with E-state index in [9.17, 15) is 9.59 Å². The molecule has 0 spiro atoms. The van der Waals surface area contributed by atoms with Gasteiger partial charge >= 0.3 is 0 Å². The molecule has 220 valence electrons. The average molecular weight is 552 g/mol. The second-order valence-corrected chi connectivity index (χ2v) is 12.5. The summed E-state index contributed by atoms with van der Waals surface area (Å²) in [4.78, 5) is 35.4. The maximum absolute atomic E-state index is 13.4. The molecule has 1 aliphatic carbocycles. The molecular formula is C31H49N7O2. The number of nitrogens with zero attached hydrogens (tertiary/aromatic N) is 5. The summed E-state index contributed by atoms with van der Waals surface area (Å²) in [5.74, 6) is 1.87. The van der Waals surface area contributed by atoms with Crippen LogP contribution in [0.1, 0.15) is 69.9 Å². The largest absolute Gasteiger partial charge is 0.369 e. The van der Waals surface area contributed by atoms with Crippen LogP contribution in [0.25, 0.3) is 0 Å². The Morgan fingerprint density at radius 1 is 1.10 bits per heavy atom. The van der Waals surface area contributed by atoms with Gasteiger partial charge in [-0.1, -0.05) is 38.8 Å². The van der Waals surface area contributed by atoms with Crippen LogP contribution in [0.2, 0.25) is 0 Å². The topological polar surface area (TPSA) is 83.5 Å². The van der Waals surface area contributed by atoms with Gasteiger partial charge in [0, 0.05) is 70.4 Å². The van der Waals surface area contributed by atoms with Crippen molar-refractivity contribution in [2.45, 2.75) is 85.0 Å². The van der Waals surface area contributed by atoms with Gasteiger partial charge in [0.2, 0.25) is 11.8 Å². The fourth-order valence-corrected chi connectivity index (χ4v) is 6.82. The molecule has 1 saturated carbocycles. The van der Waals surface area contributed by atoms with E-state index < -0.39 is 0 Å². The Hall–Kier alpha value is -2.81. The molecule has 2 amide bonds. The molecule has 9 nitrogen and oxygen atoms in total. The van der Waals surface area contributed by atoms with E-state index in [1.807, 2.05) is 4.90 Å². The minimum Gasteiger partial charge on any atom is -0.369 e. The number of rotatable bonds is 10. The molecule has 3 heterocycles. The fraction of sp³-hybridized carbons (Fsp3) is 0.710. The molecule has 9 heteroatoms. The zero-order chi connectivity index (χ0) is 28.2. The number of hydrazone groups is 1. The maximum Gasteiger partial charge on any atom is 0.230 e. The van der Waals surface area contributed by atoms with Crippen molar-refractivity contribution in [1.82, 2.24) is 25.4 Å². The third-order valence-electron chi connectivity index (χ3n) is 9.42. The quantitative estimate of drug-likeness (QED) is 0.465. The second-order valence-electron chi connectivity index (χ2n) is 12.5. The number of hydrogen-bond donors (Lipinski definition) is 2. The average Bonchev–Trinajstić information content (AvgIpc) is 3.38. The number of benzene rings is 1. The van der Waals surface area contributed by atoms with Crippen molar-refractivity contribution in [2.24, 2.45) is 16.9 Å². The summed E-state index contributed by atoms with van der Waals surface area (Å²) in [5, 5.41) is 7.80. The van der Waals surface area contributed by atoms with Gasteiger partial charge in [-0.05, 0) is 56.2 Å². The molecular weight excluding hydrogens is 502 g/mol. The van der Waals surface area contributed by atoms with Crippen LogP contribution in [0.15, 0.2) is 23.3 Å². The zero-order valence-electron chi connectivity index (χ0n) is 25.0. The number of carbonyl (C=O) groups excluding carboxylic acids is 2. The molecule has 2 saturated heterocycles. The Bertz CT molecular complexity index is 1080. The van der Waals surface area contributed by atoms with Gasteiger partial charge in [0.1, 0.15) is 5.84 Å². The number of carbonyl (C=O) groups is 2. The van der Waals surface area contributed by atoms with E-state index >= 15 is 0 Å². The zero-order valence-corrected chi connectivity index (χ0v) is 25.0. The first kappa shape index (κ1) is 28.7. The number of nitrogens with one attached hydrogen (secondary N) is 2. The molecule has 1 aromatic carbocycles. The molecule has 0 aromatic heterocycles. The Labute approximate surface area is 240 Å². The van der Waals surface area contributed by atoms with Crippen LogP contribution in [0.3, 0.4) is 0 Å². The Balaban J connectivity index is 1.07. The van der Waals surface area contributed by atoms with E-state index in [-0.39, 0.29) is 30.1 Å². The molecule has 3 atom stereocenters. The molecule has 3 fully saturated rings. The summed E-state index contributed by atoms with van der Waals surface area (Å²) in [7, 11) is 0. The minimum absolute atomic E-state index is 0.0476. The molecule has 2 N–H and O–H groups in total. The monoisotopic (exact) mass is 551 g/mol. The van der Waals surface area contributed by atoms with Gasteiger partial charge < -0.3 is 20.0 Å². The number of anilines is 1. The van der Waals surface area contributed by atoms with Crippen molar-refractivity contribution in [3.8, 4) is 0 Å². The van der Waals surface area contributed by atoms with Crippen molar-refractivity contribution in [3.05, 3.63) is 29.3 Å². The van der Waals surface area contributed by atoms with Crippen molar-refractivity contribution < 1.29 is 9.59 Å². The number of piperazine rings is 1. The first-order valence-corrected chi connectivity index (χ1v) is 15.5. The van der Waals surface area contributed by atoms with Crippen molar-refractivity contribution in [1.29, 1.82) is 0 Å². The van der Waals surface area contributed by atoms with E-state index in [4.69, 9.17) is 0 Å². The first-order valence-electron chi connectivity index (χ1n) is 15.5. The van der Waals surface area contributed by atoms with Crippen LogP contribution in [-0.2, 0) is 9.59 Å². The molecule has 40 heavy (non-hydrogen) atoms. The molecule has 3 aliphatic heterocycles. The summed E-state index contributed by atoms with van der Waals surface area (Å²) in [5.41, 5.74) is 7.31. The highest BCUT2D eigenvalue weighted by molar-refractivity contribution is 5.91. The summed E-state index contributed by atoms with van der Waals surface area (Å²) in [6.45, 7) is 15.1. The van der Waals surface area contributed by atoms with E-state index in [0.29, 0.717) is 25.3 Å². The van der Waals surface area contributed by atoms with Gasteiger partial charge in [0.15, 0.2) is 6.29 Å². The van der Waals surface area contributed by atoms with Crippen LogP contribution in [0, 0.1) is 25.7 Å². The van der Waals surface area contributed by atoms with Crippen LogP contribution < -0.4 is 15.6 Å². The molecule has 0 bridgehead atoms. The number of fused-ring (bicyclic) bond motifs is 3. The van der Waals surface area contributed by atoms with E-state index in [0.717, 1.165) is 77.2 Å². The third-order valence-corrected chi connectivity index (χ3v) is 9.42. The normalized spacial score (nSPS) is 25.0. The number of hydrogen-bond acceptors (Lipinski definition) is 7. The SMILES string of the molecule is Cc1cccc(N2CCN(CCNC(=O)CCC3=NNC4N(CCC(C)C)C(=O)C5CCCCC5N34)CC2)c1C. The fourth-order valence-electron chi connectivity index (χ4n) is 6.82. The molecule has 0 radical (unpaired) electrons. The number of amides is 2. The summed E-state index contributed by atoms with van der Waals surface area (Å²) in [6, 6.07) is 6.74. The second kappa shape index (κ2) is 12.8. The highest BCUT2D eigenvalue weighted by Gasteiger charge is 2.50. The number of aryl methyl sites for hydroxylation is 1. The van der Waals surface area contributed by atoms with Crippen LogP contribution in [0.4, 0.5) is 5.69 Å². The lowest BCUT2D eigenvalue weighted by Crippen LogP contribution is -2.67. The lowest BCUT2D eigenvalue weighted by Gasteiger charge is -2.50. The van der Waals surface area contributed by atoms with Gasteiger partial charge in [-0.2, -0.15) is 5.10 Å². The molecule has 1 aromatic rings. The van der Waals surface area contributed by atoms with E-state index in [1.165, 1.54) is 16.8 Å². The van der Waals surface area contributed by atoms with E-state index in [1.54, 1.807) is 0 Å². The molecule has 3 unspecified atom stereocenters. The van der Waals surface area contributed by atoms with Crippen molar-refractivity contribution in [2.75, 3.05) is 50.7 Å². The molecule has 5 rings (SSSR count). The van der Waals surface area contributed by atoms with Gasteiger partial charge in [0.25, 0.3) is 0 Å². The van der Waals surface area contributed by atoms with Crippen LogP contribution in [-0.4, -0.2) is 90.5 Å². The summed E-state index contributed by atoms with van der Waals surface area (Å²) >= 11 is 0. The van der Waals surface area contributed by atoms with Gasteiger partial charge in [-0.3, -0.25) is 19.9 Å². The van der Waals surface area contributed by atoms with E-state index in [2.05, 4.69) is 76.4 Å². The highest BCUT2D eigenvalue weighted by Crippen LogP contribution is 2.38. The predicted molar refractivity (Wildman–Crippen MR) is 160 cm³/mol. The van der Waals surface area contributed by atoms with Crippen LogP contribution in [0.5, 0.6) is 0 Å². The highest BCUT2D eigenvalue weighted by atomic mass is 16.2. The number of amidine groups is 1. The Kier molecular flexibility index (Phi) is 9.18. The van der Waals surface area contributed by atoms with Gasteiger partial charge in [-0.25, -0.2) is 0 Å². The summed E-state index contributed by atoms with van der Waals surface area (Å²) in [6.07, 6.45) is 6.04. The van der Waals surface area contributed by atoms with Gasteiger partial charge in [0.05, 0.1) is 5.92 Å². The lowest BCUT2D eigenvalue weighted by molar-refractivity contribution is -0.155. The standard InChI is InChI=1S/C31H49N7O2/c1-22(2)14-16-37-30(40)25-9-5-6-10-27(25)38-28(33-34-31(37)38)12-13-29(39)32-15-17-35-18-20-36(21-19-35)26-11-7-8-23(3)24(26)4/h7-8,11,22,25,27,31,34H,5-6,9-10,12-21H2,1-4H3,(H,32,39). The van der Waals surface area contributed by atoms with Crippen molar-refractivity contribution in [3.63, 3.8) is 0 Å². The van der Waals surface area contributed by atoms with Gasteiger partial charge in [-0.15, -0.1) is 0 Å². The smallest absolute Gasteiger partial charge is 0.230 e. The Morgan fingerprint density at radius 2 is 1.88 bits per heavy atom. The lowest BCUT2D eigenvalue weighted by atomic mass is 9.80. The molecule has 4 aliphatic rings. The van der Waals surface area contributed by atoms with Crippen LogP contribution >= 0.6 is 0 Å². The first-order chi connectivity index (χ1) is 19.3.